The zero-order valence-electron chi connectivity index (χ0n) is 19.3. The molecular weight excluding hydrogens is 412 g/mol. The molecule has 1 aromatic carbocycles. The van der Waals surface area contributed by atoms with Crippen LogP contribution in [0.25, 0.3) is 0 Å². The molecular formula is C24H32N2O6. The lowest BCUT2D eigenvalue weighted by Crippen LogP contribution is -2.57. The summed E-state index contributed by atoms with van der Waals surface area (Å²) in [6, 6.07) is 4.83. The normalized spacial score (nSPS) is 14.8. The van der Waals surface area contributed by atoms with E-state index in [9.17, 15) is 14.4 Å². The van der Waals surface area contributed by atoms with Crippen LogP contribution in [0.5, 0.6) is 5.75 Å². The molecule has 2 amide bonds. The second kappa shape index (κ2) is 11.4. The van der Waals surface area contributed by atoms with Crippen molar-refractivity contribution in [3.63, 3.8) is 0 Å². The number of alkyl carbamates (subject to hydrolysis) is 1. The van der Waals surface area contributed by atoms with E-state index >= 15 is 0 Å². The van der Waals surface area contributed by atoms with Crippen molar-refractivity contribution in [3.05, 3.63) is 29.8 Å². The maximum atomic E-state index is 12.9. The Morgan fingerprint density at radius 3 is 2.31 bits per heavy atom. The van der Waals surface area contributed by atoms with Gasteiger partial charge in [-0.15, -0.1) is 5.92 Å². The van der Waals surface area contributed by atoms with E-state index in [1.807, 2.05) is 0 Å². The van der Waals surface area contributed by atoms with Crippen LogP contribution in [-0.2, 0) is 14.3 Å². The molecule has 0 heterocycles. The minimum atomic E-state index is -1.04. The van der Waals surface area contributed by atoms with Crippen molar-refractivity contribution in [2.24, 2.45) is 5.92 Å². The highest BCUT2D eigenvalue weighted by atomic mass is 16.6. The van der Waals surface area contributed by atoms with E-state index in [1.165, 1.54) is 0 Å². The fraction of sp³-hybridized carbons (Fsp3) is 0.542. The third-order valence-corrected chi connectivity index (χ3v) is 4.60. The second-order valence-electron chi connectivity index (χ2n) is 8.45. The quantitative estimate of drug-likeness (QED) is 0.448. The second-order valence-corrected chi connectivity index (χ2v) is 8.45. The van der Waals surface area contributed by atoms with Crippen molar-refractivity contribution in [1.29, 1.82) is 0 Å². The predicted molar refractivity (Wildman–Crippen MR) is 119 cm³/mol. The lowest BCUT2D eigenvalue weighted by atomic mass is 10.0. The smallest absolute Gasteiger partial charge is 0.407 e. The van der Waals surface area contributed by atoms with Gasteiger partial charge in [-0.25, -0.2) is 9.59 Å². The van der Waals surface area contributed by atoms with Crippen molar-refractivity contribution < 1.29 is 28.6 Å². The highest BCUT2D eigenvalue weighted by Gasteiger charge is 2.43. The molecule has 2 N–H and O–H groups in total. The van der Waals surface area contributed by atoms with Gasteiger partial charge >= 0.3 is 12.1 Å². The number of rotatable bonds is 9. The first-order chi connectivity index (χ1) is 15.1. The minimum absolute atomic E-state index is 0.0488. The zero-order valence-corrected chi connectivity index (χ0v) is 19.3. The van der Waals surface area contributed by atoms with Crippen LogP contribution in [0.3, 0.4) is 0 Å². The Morgan fingerprint density at radius 1 is 1.12 bits per heavy atom. The van der Waals surface area contributed by atoms with Gasteiger partial charge in [0, 0.05) is 5.56 Å². The minimum Gasteiger partial charge on any atom is -0.481 e. The van der Waals surface area contributed by atoms with Gasteiger partial charge in [0.2, 0.25) is 0 Å². The van der Waals surface area contributed by atoms with Crippen LogP contribution in [0.2, 0.25) is 0 Å². The summed E-state index contributed by atoms with van der Waals surface area (Å²) in [4.78, 5) is 37.9. The molecule has 8 nitrogen and oxygen atoms in total. The molecule has 2 rings (SSSR count). The zero-order chi connectivity index (χ0) is 23.7. The molecule has 1 aromatic rings. The molecule has 174 valence electrons. The van der Waals surface area contributed by atoms with Crippen LogP contribution in [0.4, 0.5) is 4.79 Å². The number of benzene rings is 1. The predicted octanol–water partition coefficient (Wildman–Crippen LogP) is 3.05. The lowest BCUT2D eigenvalue weighted by molar-refractivity contribution is -0.146. The van der Waals surface area contributed by atoms with Gasteiger partial charge in [0.1, 0.15) is 24.0 Å². The van der Waals surface area contributed by atoms with Crippen LogP contribution in [-0.4, -0.2) is 48.9 Å². The number of ether oxygens (including phenoxy) is 3. The number of carbonyl (C=O) groups excluding carboxylic acids is 3. The monoisotopic (exact) mass is 444 g/mol. The van der Waals surface area contributed by atoms with Gasteiger partial charge in [0.15, 0.2) is 0 Å². The number of carbonyl (C=O) groups is 3. The molecule has 32 heavy (non-hydrogen) atoms. The van der Waals surface area contributed by atoms with Crippen molar-refractivity contribution >= 4 is 18.0 Å². The first kappa shape index (κ1) is 25.1. The highest BCUT2D eigenvalue weighted by Crippen LogP contribution is 2.34. The first-order valence-corrected chi connectivity index (χ1v) is 10.7. The summed E-state index contributed by atoms with van der Waals surface area (Å²) < 4.78 is 16.0. The van der Waals surface area contributed by atoms with Crippen LogP contribution in [0, 0.1) is 17.8 Å². The Balaban J connectivity index is 2.14. The van der Waals surface area contributed by atoms with Gasteiger partial charge in [-0.1, -0.05) is 5.92 Å². The van der Waals surface area contributed by atoms with Gasteiger partial charge in [-0.2, -0.15) is 0 Å². The van der Waals surface area contributed by atoms with Crippen molar-refractivity contribution in [3.8, 4) is 17.6 Å². The topological polar surface area (TPSA) is 103 Å². The van der Waals surface area contributed by atoms with Gasteiger partial charge in [0.05, 0.1) is 12.6 Å². The number of hydrogen-bond donors (Lipinski definition) is 2. The third-order valence-electron chi connectivity index (χ3n) is 4.60. The van der Waals surface area contributed by atoms with Crippen molar-refractivity contribution in [2.75, 3.05) is 13.2 Å². The van der Waals surface area contributed by atoms with Gasteiger partial charge in [-0.05, 0) is 77.6 Å². The SMILES string of the molecule is CC#CCOc1ccc(C(=O)N[C@H](C(=O)OCC)[C@H](NC(=O)OC(C)(C)C)C2CC2)cc1. The molecule has 0 spiro atoms. The Kier molecular flexibility index (Phi) is 8.94. The number of nitrogens with one attached hydrogen (secondary N) is 2. The van der Waals surface area contributed by atoms with E-state index in [4.69, 9.17) is 14.2 Å². The third kappa shape index (κ3) is 8.14. The van der Waals surface area contributed by atoms with E-state index in [1.54, 1.807) is 58.9 Å². The van der Waals surface area contributed by atoms with Gasteiger partial charge in [0.25, 0.3) is 5.91 Å². The molecule has 1 fully saturated rings. The fourth-order valence-corrected chi connectivity index (χ4v) is 3.02. The van der Waals surface area contributed by atoms with Gasteiger partial charge in [-0.3, -0.25) is 4.79 Å². The molecule has 0 bridgehead atoms. The average Bonchev–Trinajstić information content (AvgIpc) is 3.55. The molecule has 0 unspecified atom stereocenters. The van der Waals surface area contributed by atoms with E-state index in [0.717, 1.165) is 12.8 Å². The number of amides is 2. The van der Waals surface area contributed by atoms with E-state index in [-0.39, 0.29) is 19.1 Å². The summed E-state index contributed by atoms with van der Waals surface area (Å²) >= 11 is 0. The van der Waals surface area contributed by atoms with Crippen LogP contribution in [0.15, 0.2) is 24.3 Å². The Labute approximate surface area is 189 Å². The summed E-state index contributed by atoms with van der Waals surface area (Å²) in [7, 11) is 0. The number of esters is 1. The lowest BCUT2D eigenvalue weighted by Gasteiger charge is -2.29. The Bertz CT molecular complexity index is 859. The molecule has 2 atom stereocenters. The number of hydrogen-bond acceptors (Lipinski definition) is 6. The van der Waals surface area contributed by atoms with Crippen molar-refractivity contribution in [1.82, 2.24) is 10.6 Å². The summed E-state index contributed by atoms with van der Waals surface area (Å²) in [5, 5.41) is 5.49. The highest BCUT2D eigenvalue weighted by molar-refractivity contribution is 5.97. The Morgan fingerprint density at radius 2 is 1.78 bits per heavy atom. The van der Waals surface area contributed by atoms with E-state index in [0.29, 0.717) is 11.3 Å². The summed E-state index contributed by atoms with van der Waals surface area (Å²) in [6.07, 6.45) is 1.02. The van der Waals surface area contributed by atoms with Crippen LogP contribution >= 0.6 is 0 Å². The maximum absolute atomic E-state index is 12.9. The van der Waals surface area contributed by atoms with Crippen LogP contribution < -0.4 is 15.4 Å². The molecule has 0 aliphatic heterocycles. The molecule has 0 saturated heterocycles. The first-order valence-electron chi connectivity index (χ1n) is 10.7. The van der Waals surface area contributed by atoms with Crippen LogP contribution in [0.1, 0.15) is 57.8 Å². The molecule has 1 saturated carbocycles. The molecule has 1 aliphatic rings. The van der Waals surface area contributed by atoms with Crippen molar-refractivity contribution in [2.45, 2.75) is 65.1 Å². The van der Waals surface area contributed by atoms with Gasteiger partial charge < -0.3 is 24.8 Å². The molecule has 0 radical (unpaired) electrons. The van der Waals surface area contributed by atoms with E-state index < -0.39 is 35.7 Å². The molecule has 8 heteroatoms. The molecule has 1 aliphatic carbocycles. The summed E-state index contributed by atoms with van der Waals surface area (Å²) in [5.74, 6) is 5.10. The standard InChI is InChI=1S/C24H32N2O6/c1-6-8-15-31-18-13-11-17(12-14-18)21(27)25-20(22(28)30-7-2)19(16-9-10-16)26-23(29)32-24(3,4)5/h11-14,16,19-20H,7,9-10,15H2,1-5H3,(H,25,27)(H,26,29)/t19-,20+/m1/s1. The van der Waals surface area contributed by atoms with E-state index in [2.05, 4.69) is 22.5 Å². The maximum Gasteiger partial charge on any atom is 0.407 e. The molecule has 0 aromatic heterocycles. The fourth-order valence-electron chi connectivity index (χ4n) is 3.02. The summed E-state index contributed by atoms with van der Waals surface area (Å²) in [6.45, 7) is 9.09. The Hall–Kier alpha value is -3.21. The largest absolute Gasteiger partial charge is 0.481 e. The average molecular weight is 445 g/mol. The summed E-state index contributed by atoms with van der Waals surface area (Å²) in [5.41, 5.74) is -0.340.